The number of ether oxygens (including phenoxy) is 1. The second-order valence-electron chi connectivity index (χ2n) is 7.60. The third kappa shape index (κ3) is 2.16. The largest absolute Gasteiger partial charge is 0.496 e. The number of rotatable bonds is 2. The van der Waals surface area contributed by atoms with E-state index in [1.807, 2.05) is 6.07 Å². The minimum Gasteiger partial charge on any atom is -0.496 e. The van der Waals surface area contributed by atoms with Crippen molar-refractivity contribution in [1.82, 2.24) is 4.98 Å². The molecule has 132 valence electrons. The van der Waals surface area contributed by atoms with E-state index in [1.54, 1.807) is 7.11 Å². The molecule has 0 amide bonds. The van der Waals surface area contributed by atoms with Gasteiger partial charge in [0.25, 0.3) is 0 Å². The Bertz CT molecular complexity index is 1180. The maximum absolute atomic E-state index is 5.76. The molecule has 0 atom stereocenters. The first kappa shape index (κ1) is 16.1. The second-order valence-corrected chi connectivity index (χ2v) is 7.60. The lowest BCUT2D eigenvalue weighted by atomic mass is 9.79. The number of methoxy groups -OCH3 is 1. The SMILES string of the molecule is COc1cccc2c1C(C)(C)c1c(-c3ccccc3)nc3ccccc3c1-2. The summed E-state index contributed by atoms with van der Waals surface area (Å²) < 4.78 is 5.76. The summed E-state index contributed by atoms with van der Waals surface area (Å²) in [4.78, 5) is 5.11. The summed E-state index contributed by atoms with van der Waals surface area (Å²) in [6, 6.07) is 25.3. The molecule has 1 heterocycles. The first-order valence-electron chi connectivity index (χ1n) is 9.29. The van der Waals surface area contributed by atoms with E-state index in [-0.39, 0.29) is 5.41 Å². The van der Waals surface area contributed by atoms with Gasteiger partial charge >= 0.3 is 0 Å². The number of pyridine rings is 1. The molecule has 1 aliphatic rings. The van der Waals surface area contributed by atoms with Crippen molar-refractivity contribution in [2.45, 2.75) is 19.3 Å². The highest BCUT2D eigenvalue weighted by Gasteiger charge is 2.41. The van der Waals surface area contributed by atoms with Gasteiger partial charge in [0.05, 0.1) is 18.3 Å². The summed E-state index contributed by atoms with van der Waals surface area (Å²) >= 11 is 0. The zero-order valence-corrected chi connectivity index (χ0v) is 15.8. The summed E-state index contributed by atoms with van der Waals surface area (Å²) in [7, 11) is 1.75. The molecule has 2 heteroatoms. The predicted molar refractivity (Wildman–Crippen MR) is 111 cm³/mol. The highest BCUT2D eigenvalue weighted by atomic mass is 16.5. The normalized spacial score (nSPS) is 14.0. The van der Waals surface area contributed by atoms with Crippen molar-refractivity contribution < 1.29 is 4.74 Å². The topological polar surface area (TPSA) is 22.1 Å². The van der Waals surface area contributed by atoms with Crippen molar-refractivity contribution >= 4 is 10.9 Å². The van der Waals surface area contributed by atoms with Crippen LogP contribution in [0.2, 0.25) is 0 Å². The lowest BCUT2D eigenvalue weighted by molar-refractivity contribution is 0.403. The highest BCUT2D eigenvalue weighted by molar-refractivity contribution is 6.04. The predicted octanol–water partition coefficient (Wildman–Crippen LogP) is 6.22. The van der Waals surface area contributed by atoms with Crippen molar-refractivity contribution in [2.75, 3.05) is 7.11 Å². The number of aromatic nitrogens is 1. The Hall–Kier alpha value is -3.13. The molecule has 0 bridgehead atoms. The van der Waals surface area contributed by atoms with Crippen LogP contribution in [0.15, 0.2) is 72.8 Å². The molecule has 0 fully saturated rings. The Labute approximate surface area is 159 Å². The molecular formula is C25H21NO. The number of hydrogen-bond donors (Lipinski definition) is 0. The Morgan fingerprint density at radius 3 is 2.30 bits per heavy atom. The standard InChI is InChI=1S/C25H21NO/c1-25(2)22-18(13-9-15-20(22)27-3)21-17-12-7-8-14-19(17)26-24(23(21)25)16-10-5-4-6-11-16/h4-15H,1-3H3. The molecule has 0 saturated carbocycles. The fourth-order valence-electron chi connectivity index (χ4n) is 4.58. The molecule has 3 aromatic carbocycles. The van der Waals surface area contributed by atoms with Gasteiger partial charge < -0.3 is 4.74 Å². The van der Waals surface area contributed by atoms with Gasteiger partial charge in [0.2, 0.25) is 0 Å². The van der Waals surface area contributed by atoms with Gasteiger partial charge in [-0.05, 0) is 28.8 Å². The van der Waals surface area contributed by atoms with E-state index < -0.39 is 0 Å². The van der Waals surface area contributed by atoms with Crippen molar-refractivity contribution in [3.05, 3.63) is 83.9 Å². The van der Waals surface area contributed by atoms with Gasteiger partial charge in [0, 0.05) is 21.9 Å². The van der Waals surface area contributed by atoms with Crippen LogP contribution in [-0.2, 0) is 5.41 Å². The summed E-state index contributed by atoms with van der Waals surface area (Å²) in [5.74, 6) is 0.941. The van der Waals surface area contributed by atoms with Crippen molar-refractivity contribution in [3.63, 3.8) is 0 Å². The molecular weight excluding hydrogens is 330 g/mol. The van der Waals surface area contributed by atoms with Gasteiger partial charge in [-0.1, -0.05) is 74.5 Å². The van der Waals surface area contributed by atoms with Crippen LogP contribution in [0.5, 0.6) is 5.75 Å². The maximum atomic E-state index is 5.76. The molecule has 4 aromatic rings. The number of benzene rings is 3. The van der Waals surface area contributed by atoms with Crippen LogP contribution in [-0.4, -0.2) is 12.1 Å². The van der Waals surface area contributed by atoms with Gasteiger partial charge in [-0.15, -0.1) is 0 Å². The van der Waals surface area contributed by atoms with Gasteiger partial charge in [0.15, 0.2) is 0 Å². The van der Waals surface area contributed by atoms with Crippen LogP contribution in [0.4, 0.5) is 0 Å². The van der Waals surface area contributed by atoms with E-state index in [2.05, 4.69) is 80.6 Å². The lowest BCUT2D eigenvalue weighted by Crippen LogP contribution is -2.18. The number of para-hydroxylation sites is 1. The summed E-state index contributed by atoms with van der Waals surface area (Å²) in [6.07, 6.45) is 0. The molecule has 27 heavy (non-hydrogen) atoms. The number of hydrogen-bond acceptors (Lipinski definition) is 2. The Morgan fingerprint density at radius 2 is 1.52 bits per heavy atom. The molecule has 0 unspecified atom stereocenters. The van der Waals surface area contributed by atoms with Gasteiger partial charge in [-0.2, -0.15) is 0 Å². The third-order valence-corrected chi connectivity index (χ3v) is 5.71. The van der Waals surface area contributed by atoms with Crippen LogP contribution in [0.25, 0.3) is 33.3 Å². The molecule has 0 saturated heterocycles. The fourth-order valence-corrected chi connectivity index (χ4v) is 4.58. The van der Waals surface area contributed by atoms with Crippen molar-refractivity contribution in [1.29, 1.82) is 0 Å². The second kappa shape index (κ2) is 5.68. The monoisotopic (exact) mass is 351 g/mol. The highest BCUT2D eigenvalue weighted by Crippen LogP contribution is 2.56. The third-order valence-electron chi connectivity index (χ3n) is 5.71. The molecule has 0 aliphatic heterocycles. The van der Waals surface area contributed by atoms with Crippen molar-refractivity contribution in [3.8, 4) is 28.1 Å². The quantitative estimate of drug-likeness (QED) is 0.428. The van der Waals surface area contributed by atoms with Crippen LogP contribution < -0.4 is 4.74 Å². The van der Waals surface area contributed by atoms with Gasteiger partial charge in [-0.25, -0.2) is 4.98 Å². The van der Waals surface area contributed by atoms with Crippen molar-refractivity contribution in [2.24, 2.45) is 0 Å². The average molecular weight is 351 g/mol. The van der Waals surface area contributed by atoms with E-state index in [9.17, 15) is 0 Å². The Morgan fingerprint density at radius 1 is 0.778 bits per heavy atom. The molecule has 1 aliphatic carbocycles. The first-order valence-corrected chi connectivity index (χ1v) is 9.29. The average Bonchev–Trinajstić information content (AvgIpc) is 2.96. The summed E-state index contributed by atoms with van der Waals surface area (Å²) in [5.41, 5.74) is 8.13. The minimum absolute atomic E-state index is 0.195. The molecule has 0 spiro atoms. The van der Waals surface area contributed by atoms with E-state index in [1.165, 1.54) is 27.6 Å². The van der Waals surface area contributed by atoms with Crippen LogP contribution >= 0.6 is 0 Å². The molecule has 0 radical (unpaired) electrons. The first-order chi connectivity index (χ1) is 13.1. The Balaban J connectivity index is 1.99. The van der Waals surface area contributed by atoms with Gasteiger partial charge in [-0.3, -0.25) is 0 Å². The van der Waals surface area contributed by atoms with E-state index in [4.69, 9.17) is 9.72 Å². The molecule has 5 rings (SSSR count). The lowest BCUT2D eigenvalue weighted by Gasteiger charge is -2.25. The smallest absolute Gasteiger partial charge is 0.123 e. The van der Waals surface area contributed by atoms with Gasteiger partial charge in [0.1, 0.15) is 5.75 Å². The van der Waals surface area contributed by atoms with E-state index in [0.29, 0.717) is 0 Å². The summed E-state index contributed by atoms with van der Waals surface area (Å²) in [6.45, 7) is 4.56. The van der Waals surface area contributed by atoms with Crippen LogP contribution in [0, 0.1) is 0 Å². The number of fused-ring (bicyclic) bond motifs is 5. The maximum Gasteiger partial charge on any atom is 0.123 e. The van der Waals surface area contributed by atoms with E-state index in [0.717, 1.165) is 22.5 Å². The zero-order valence-electron chi connectivity index (χ0n) is 15.8. The molecule has 0 N–H and O–H groups in total. The molecule has 2 nitrogen and oxygen atoms in total. The molecule has 1 aromatic heterocycles. The zero-order chi connectivity index (χ0) is 18.6. The van der Waals surface area contributed by atoms with E-state index >= 15 is 0 Å². The fraction of sp³-hybridized carbons (Fsp3) is 0.160. The van der Waals surface area contributed by atoms with Crippen LogP contribution in [0.1, 0.15) is 25.0 Å². The summed E-state index contributed by atoms with van der Waals surface area (Å²) in [5, 5.41) is 1.20. The number of nitrogens with zero attached hydrogens (tertiary/aromatic N) is 1. The van der Waals surface area contributed by atoms with Crippen LogP contribution in [0.3, 0.4) is 0 Å². The minimum atomic E-state index is -0.195. The Kier molecular flexibility index (Phi) is 3.38.